The number of nitrogens with zero attached hydrogens (tertiary/aromatic N) is 1. The summed E-state index contributed by atoms with van der Waals surface area (Å²) in [5, 5.41) is 13.1. The highest BCUT2D eigenvalue weighted by Gasteiger charge is 2.17. The lowest BCUT2D eigenvalue weighted by molar-refractivity contribution is -0.402. The van der Waals surface area contributed by atoms with Crippen LogP contribution in [0.5, 0.6) is 0 Å². The Bertz CT molecular complexity index is 914. The van der Waals surface area contributed by atoms with E-state index in [1.807, 2.05) is 0 Å². The van der Waals surface area contributed by atoms with Crippen molar-refractivity contribution in [2.75, 3.05) is 5.32 Å². The number of nitrogens with one attached hydrogen (secondary N) is 1. The Labute approximate surface area is 153 Å². The molecule has 9 nitrogen and oxygen atoms in total. The van der Waals surface area contributed by atoms with E-state index in [9.17, 15) is 24.5 Å². The van der Waals surface area contributed by atoms with Gasteiger partial charge in [0.15, 0.2) is 11.9 Å². The van der Waals surface area contributed by atoms with E-state index in [1.165, 1.54) is 32.1 Å². The number of ketones is 1. The van der Waals surface area contributed by atoms with Crippen LogP contribution in [0.25, 0.3) is 6.08 Å². The molecule has 0 aliphatic carbocycles. The maximum absolute atomic E-state index is 12.1. The average Bonchev–Trinajstić information content (AvgIpc) is 3.09. The van der Waals surface area contributed by atoms with Crippen LogP contribution in [0, 0.1) is 10.1 Å². The van der Waals surface area contributed by atoms with Gasteiger partial charge in [-0.2, -0.15) is 0 Å². The van der Waals surface area contributed by atoms with Crippen LogP contribution >= 0.6 is 0 Å². The van der Waals surface area contributed by atoms with Gasteiger partial charge in [0.25, 0.3) is 5.91 Å². The van der Waals surface area contributed by atoms with Crippen LogP contribution in [-0.4, -0.2) is 28.7 Å². The van der Waals surface area contributed by atoms with Crippen molar-refractivity contribution in [3.63, 3.8) is 0 Å². The van der Waals surface area contributed by atoms with Crippen molar-refractivity contribution in [2.45, 2.75) is 20.0 Å². The molecule has 0 spiro atoms. The van der Waals surface area contributed by atoms with Crippen molar-refractivity contribution < 1.29 is 28.5 Å². The molecule has 1 N–H and O–H groups in total. The predicted octanol–water partition coefficient (Wildman–Crippen LogP) is 2.97. The number of carbonyl (C=O) groups excluding carboxylic acids is 3. The van der Waals surface area contributed by atoms with Crippen molar-refractivity contribution in [1.29, 1.82) is 0 Å². The highest BCUT2D eigenvalue weighted by Crippen LogP contribution is 2.17. The van der Waals surface area contributed by atoms with Crippen LogP contribution in [0.4, 0.5) is 11.6 Å². The van der Waals surface area contributed by atoms with Crippen molar-refractivity contribution in [1.82, 2.24) is 0 Å². The second-order valence-corrected chi connectivity index (χ2v) is 5.47. The molecule has 2 aromatic rings. The molecular weight excluding hydrogens is 356 g/mol. The zero-order valence-electron chi connectivity index (χ0n) is 14.5. The monoisotopic (exact) mass is 372 g/mol. The van der Waals surface area contributed by atoms with Gasteiger partial charge in [-0.1, -0.05) is 12.1 Å². The lowest BCUT2D eigenvalue weighted by Crippen LogP contribution is -2.29. The zero-order chi connectivity index (χ0) is 20.0. The molecule has 0 saturated heterocycles. The van der Waals surface area contributed by atoms with Gasteiger partial charge in [-0.25, -0.2) is 4.79 Å². The molecule has 0 aliphatic heterocycles. The normalized spacial score (nSPS) is 11.8. The van der Waals surface area contributed by atoms with Crippen LogP contribution < -0.4 is 5.32 Å². The van der Waals surface area contributed by atoms with Crippen LogP contribution in [0.3, 0.4) is 0 Å². The summed E-state index contributed by atoms with van der Waals surface area (Å²) >= 11 is 0. The van der Waals surface area contributed by atoms with Gasteiger partial charge < -0.3 is 14.5 Å². The van der Waals surface area contributed by atoms with Gasteiger partial charge in [0.2, 0.25) is 0 Å². The molecule has 1 aromatic carbocycles. The number of furan rings is 1. The molecule has 1 amide bonds. The van der Waals surface area contributed by atoms with Crippen LogP contribution in [-0.2, 0) is 14.3 Å². The first kappa shape index (κ1) is 19.6. The van der Waals surface area contributed by atoms with E-state index >= 15 is 0 Å². The molecule has 0 radical (unpaired) electrons. The molecule has 1 atom stereocenters. The average molecular weight is 372 g/mol. The van der Waals surface area contributed by atoms with Gasteiger partial charge in [-0.05, 0) is 38.1 Å². The lowest BCUT2D eigenvalue weighted by atomic mass is 10.1. The van der Waals surface area contributed by atoms with E-state index in [-0.39, 0.29) is 11.5 Å². The topological polar surface area (TPSA) is 129 Å². The Morgan fingerprint density at radius 3 is 2.63 bits per heavy atom. The number of carbonyl (C=O) groups is 3. The fourth-order valence-corrected chi connectivity index (χ4v) is 2.01. The highest BCUT2D eigenvalue weighted by molar-refractivity contribution is 5.99. The number of esters is 1. The minimum Gasteiger partial charge on any atom is -0.449 e. The summed E-state index contributed by atoms with van der Waals surface area (Å²) in [5.74, 6) is -1.91. The molecule has 1 heterocycles. The molecule has 2 rings (SSSR count). The number of anilines is 1. The number of nitro groups is 1. The molecule has 0 unspecified atom stereocenters. The second kappa shape index (κ2) is 8.56. The van der Waals surface area contributed by atoms with E-state index in [0.717, 1.165) is 12.1 Å². The minimum absolute atomic E-state index is 0.0943. The third-order valence-corrected chi connectivity index (χ3v) is 3.38. The van der Waals surface area contributed by atoms with Gasteiger partial charge in [0.05, 0.1) is 6.07 Å². The Morgan fingerprint density at radius 1 is 1.26 bits per heavy atom. The van der Waals surface area contributed by atoms with Gasteiger partial charge in [-0.3, -0.25) is 19.7 Å². The molecule has 0 saturated carbocycles. The largest absolute Gasteiger partial charge is 0.449 e. The number of hydrogen-bond acceptors (Lipinski definition) is 7. The summed E-state index contributed by atoms with van der Waals surface area (Å²) < 4.78 is 9.81. The maximum Gasteiger partial charge on any atom is 0.433 e. The summed E-state index contributed by atoms with van der Waals surface area (Å²) in [6, 6.07) is 8.82. The number of ether oxygens (including phenoxy) is 1. The Hall–Kier alpha value is -3.75. The van der Waals surface area contributed by atoms with Crippen LogP contribution in [0.15, 0.2) is 46.9 Å². The molecular formula is C18H16N2O7. The maximum atomic E-state index is 12.1. The molecule has 0 aliphatic rings. The molecule has 140 valence electrons. The number of amides is 1. The number of rotatable bonds is 7. The van der Waals surface area contributed by atoms with E-state index in [1.54, 1.807) is 18.2 Å². The fourth-order valence-electron chi connectivity index (χ4n) is 2.01. The minimum atomic E-state index is -1.10. The SMILES string of the molecule is CC(=O)c1cccc(NC(=O)[C@H](C)OC(=O)/C=C/c2ccc([N+](=O)[O-])o2)c1. The van der Waals surface area contributed by atoms with E-state index in [2.05, 4.69) is 5.32 Å². The third kappa shape index (κ3) is 5.63. The van der Waals surface area contributed by atoms with E-state index in [4.69, 9.17) is 9.15 Å². The number of Topliss-reactive ketones (excluding diaryl/α,β-unsaturated/α-hetero) is 1. The van der Waals surface area contributed by atoms with Crippen molar-refractivity contribution in [3.05, 3.63) is 63.9 Å². The summed E-state index contributed by atoms with van der Waals surface area (Å²) in [7, 11) is 0. The second-order valence-electron chi connectivity index (χ2n) is 5.47. The summed E-state index contributed by atoms with van der Waals surface area (Å²) in [5.41, 5.74) is 0.835. The Balaban J connectivity index is 1.92. The number of hydrogen-bond donors (Lipinski definition) is 1. The molecule has 9 heteroatoms. The summed E-state index contributed by atoms with van der Waals surface area (Å²) in [4.78, 5) is 45.0. The summed E-state index contributed by atoms with van der Waals surface area (Å²) in [6.45, 7) is 2.79. The van der Waals surface area contributed by atoms with Crippen molar-refractivity contribution in [3.8, 4) is 0 Å². The van der Waals surface area contributed by atoms with E-state index in [0.29, 0.717) is 11.3 Å². The lowest BCUT2D eigenvalue weighted by Gasteiger charge is -2.12. The van der Waals surface area contributed by atoms with Gasteiger partial charge in [-0.15, -0.1) is 0 Å². The Morgan fingerprint density at radius 2 is 2.00 bits per heavy atom. The molecule has 0 fully saturated rings. The molecule has 1 aromatic heterocycles. The van der Waals surface area contributed by atoms with Gasteiger partial charge in [0, 0.05) is 17.3 Å². The van der Waals surface area contributed by atoms with Crippen LogP contribution in [0.1, 0.15) is 30.0 Å². The van der Waals surface area contributed by atoms with Crippen LogP contribution in [0.2, 0.25) is 0 Å². The third-order valence-electron chi connectivity index (χ3n) is 3.38. The standard InChI is InChI=1S/C18H16N2O7/c1-11(21)13-4-3-5-14(10-13)19-18(23)12(2)26-17(22)9-7-15-6-8-16(27-15)20(24)25/h3-10,12H,1-2H3,(H,19,23)/b9-7+/t12-/m0/s1. The first-order valence-electron chi connectivity index (χ1n) is 7.81. The quantitative estimate of drug-likeness (QED) is 0.260. The fraction of sp³-hybridized carbons (Fsp3) is 0.167. The predicted molar refractivity (Wildman–Crippen MR) is 95.0 cm³/mol. The van der Waals surface area contributed by atoms with Crippen molar-refractivity contribution >= 4 is 35.3 Å². The zero-order valence-corrected chi connectivity index (χ0v) is 14.5. The Kier molecular flexibility index (Phi) is 6.21. The highest BCUT2D eigenvalue weighted by atomic mass is 16.6. The van der Waals surface area contributed by atoms with Crippen molar-refractivity contribution in [2.24, 2.45) is 0 Å². The smallest absolute Gasteiger partial charge is 0.433 e. The number of benzene rings is 1. The first-order valence-corrected chi connectivity index (χ1v) is 7.81. The molecule has 0 bridgehead atoms. The molecule has 27 heavy (non-hydrogen) atoms. The first-order chi connectivity index (χ1) is 12.8. The van der Waals surface area contributed by atoms with Gasteiger partial charge in [0.1, 0.15) is 10.7 Å². The summed E-state index contributed by atoms with van der Waals surface area (Å²) in [6.07, 6.45) is 1.08. The van der Waals surface area contributed by atoms with Gasteiger partial charge >= 0.3 is 11.9 Å². The van der Waals surface area contributed by atoms with E-state index < -0.39 is 28.8 Å².